The molecule has 0 unspecified atom stereocenters. The van der Waals surface area contributed by atoms with Gasteiger partial charge in [0.25, 0.3) is 0 Å². The van der Waals surface area contributed by atoms with Crippen LogP contribution in [0, 0.1) is 0 Å². The minimum atomic E-state index is 0.648. The van der Waals surface area contributed by atoms with E-state index in [-0.39, 0.29) is 0 Å². The lowest BCUT2D eigenvalue weighted by atomic mass is 10.1. The molecule has 0 atom stereocenters. The Morgan fingerprint density at radius 1 is 1.13 bits per heavy atom. The van der Waals surface area contributed by atoms with Gasteiger partial charge in [-0.05, 0) is 17.7 Å². The summed E-state index contributed by atoms with van der Waals surface area (Å²) in [5, 5.41) is 13.7. The zero-order valence-electron chi connectivity index (χ0n) is 12.2. The molecule has 0 bridgehead atoms. The van der Waals surface area contributed by atoms with Crippen molar-refractivity contribution in [2.75, 3.05) is 7.11 Å². The average Bonchev–Trinajstić information content (AvgIpc) is 3.18. The molecule has 0 aliphatic heterocycles. The summed E-state index contributed by atoms with van der Waals surface area (Å²) in [4.78, 5) is 9.08. The summed E-state index contributed by atoms with van der Waals surface area (Å²) in [6, 6.07) is 7.88. The van der Waals surface area contributed by atoms with Gasteiger partial charge in [0.05, 0.1) is 13.3 Å². The zero-order chi connectivity index (χ0) is 15.6. The van der Waals surface area contributed by atoms with Crippen molar-refractivity contribution < 1.29 is 4.74 Å². The van der Waals surface area contributed by atoms with E-state index in [1.54, 1.807) is 30.2 Å². The third-order valence-corrected chi connectivity index (χ3v) is 4.28. The molecule has 0 fully saturated rings. The molecule has 0 amide bonds. The van der Waals surface area contributed by atoms with Gasteiger partial charge in [0.2, 0.25) is 4.96 Å². The van der Waals surface area contributed by atoms with Crippen molar-refractivity contribution in [3.63, 3.8) is 0 Å². The van der Waals surface area contributed by atoms with Gasteiger partial charge in [-0.25, -0.2) is 0 Å². The lowest BCUT2D eigenvalue weighted by molar-refractivity contribution is 0.414. The fraction of sp³-hybridized carbons (Fsp3) is 0.133. The van der Waals surface area contributed by atoms with Gasteiger partial charge in [0.15, 0.2) is 10.8 Å². The van der Waals surface area contributed by atoms with E-state index in [0.717, 1.165) is 32.8 Å². The SMILES string of the molecule is COc1ccc(Cc2nnc3sc(-c4cnccn4)nn23)cc1. The number of aromatic nitrogens is 6. The minimum absolute atomic E-state index is 0.648. The third-order valence-electron chi connectivity index (χ3n) is 3.36. The quantitative estimate of drug-likeness (QED) is 0.573. The number of benzene rings is 1. The molecular formula is C15H12N6OS. The third kappa shape index (κ3) is 2.64. The molecule has 8 heteroatoms. The lowest BCUT2D eigenvalue weighted by Gasteiger charge is -2.01. The molecule has 3 aromatic heterocycles. The summed E-state index contributed by atoms with van der Waals surface area (Å²) < 4.78 is 6.93. The summed E-state index contributed by atoms with van der Waals surface area (Å²) in [6.07, 6.45) is 5.62. The van der Waals surface area contributed by atoms with Crippen LogP contribution in [-0.2, 0) is 6.42 Å². The van der Waals surface area contributed by atoms with Crippen LogP contribution in [0.25, 0.3) is 15.7 Å². The fourth-order valence-corrected chi connectivity index (χ4v) is 3.03. The first kappa shape index (κ1) is 13.8. The van der Waals surface area contributed by atoms with Crippen molar-refractivity contribution in [1.82, 2.24) is 29.8 Å². The normalized spacial score (nSPS) is 11.0. The van der Waals surface area contributed by atoms with Crippen molar-refractivity contribution in [3.8, 4) is 16.5 Å². The molecule has 4 aromatic rings. The number of methoxy groups -OCH3 is 1. The van der Waals surface area contributed by atoms with Gasteiger partial charge in [-0.2, -0.15) is 9.61 Å². The van der Waals surface area contributed by atoms with Crippen molar-refractivity contribution >= 4 is 16.3 Å². The summed E-state index contributed by atoms with van der Waals surface area (Å²) in [6.45, 7) is 0. The second-order valence-corrected chi connectivity index (χ2v) is 5.79. The van der Waals surface area contributed by atoms with Gasteiger partial charge >= 0.3 is 0 Å². The van der Waals surface area contributed by atoms with Crippen LogP contribution in [0.1, 0.15) is 11.4 Å². The first-order valence-corrected chi connectivity index (χ1v) is 7.75. The Labute approximate surface area is 135 Å². The molecule has 23 heavy (non-hydrogen) atoms. The van der Waals surface area contributed by atoms with Gasteiger partial charge in [0, 0.05) is 18.8 Å². The number of hydrogen-bond donors (Lipinski definition) is 0. The first-order valence-electron chi connectivity index (χ1n) is 6.94. The molecule has 3 heterocycles. The maximum Gasteiger partial charge on any atom is 0.235 e. The van der Waals surface area contributed by atoms with E-state index in [0.29, 0.717) is 6.42 Å². The molecule has 0 saturated heterocycles. The summed E-state index contributed by atoms with van der Waals surface area (Å²) in [5.41, 5.74) is 1.85. The van der Waals surface area contributed by atoms with Crippen LogP contribution in [0.2, 0.25) is 0 Å². The standard InChI is InChI=1S/C15H12N6OS/c1-22-11-4-2-10(3-5-11)8-13-18-19-15-21(13)20-14(23-15)12-9-16-6-7-17-12/h2-7,9H,8H2,1H3. The van der Waals surface area contributed by atoms with Gasteiger partial charge < -0.3 is 4.74 Å². The summed E-state index contributed by atoms with van der Waals surface area (Å²) >= 11 is 1.44. The summed E-state index contributed by atoms with van der Waals surface area (Å²) in [7, 11) is 1.65. The van der Waals surface area contributed by atoms with Crippen LogP contribution < -0.4 is 4.74 Å². The second-order valence-electron chi connectivity index (χ2n) is 4.83. The van der Waals surface area contributed by atoms with Crippen LogP contribution in [-0.4, -0.2) is 36.9 Å². The number of hydrogen-bond acceptors (Lipinski definition) is 7. The molecule has 1 aromatic carbocycles. The van der Waals surface area contributed by atoms with E-state index < -0.39 is 0 Å². The molecule has 4 rings (SSSR count). The van der Waals surface area contributed by atoms with E-state index in [9.17, 15) is 0 Å². The first-order chi connectivity index (χ1) is 11.3. The maximum absolute atomic E-state index is 5.17. The monoisotopic (exact) mass is 324 g/mol. The van der Waals surface area contributed by atoms with Gasteiger partial charge in [-0.1, -0.05) is 23.5 Å². The van der Waals surface area contributed by atoms with Crippen LogP contribution in [0.15, 0.2) is 42.9 Å². The van der Waals surface area contributed by atoms with Crippen molar-refractivity contribution in [1.29, 1.82) is 0 Å². The Hall–Kier alpha value is -2.87. The minimum Gasteiger partial charge on any atom is -0.497 e. The van der Waals surface area contributed by atoms with E-state index in [4.69, 9.17) is 4.74 Å². The Morgan fingerprint density at radius 3 is 2.74 bits per heavy atom. The zero-order valence-corrected chi connectivity index (χ0v) is 13.1. The van der Waals surface area contributed by atoms with E-state index in [2.05, 4.69) is 25.3 Å². The predicted molar refractivity (Wildman–Crippen MR) is 85.5 cm³/mol. The number of ether oxygens (including phenoxy) is 1. The maximum atomic E-state index is 5.17. The topological polar surface area (TPSA) is 78.1 Å². The van der Waals surface area contributed by atoms with Crippen molar-refractivity contribution in [3.05, 3.63) is 54.2 Å². The second kappa shape index (κ2) is 5.73. The summed E-state index contributed by atoms with van der Waals surface area (Å²) in [5.74, 6) is 1.62. The smallest absolute Gasteiger partial charge is 0.235 e. The van der Waals surface area contributed by atoms with E-state index >= 15 is 0 Å². The van der Waals surface area contributed by atoms with Gasteiger partial charge in [-0.3, -0.25) is 9.97 Å². The van der Waals surface area contributed by atoms with Crippen LogP contribution >= 0.6 is 11.3 Å². The Kier molecular flexibility index (Phi) is 3.43. The molecule has 0 N–H and O–H groups in total. The van der Waals surface area contributed by atoms with E-state index in [1.165, 1.54) is 11.3 Å². The molecule has 114 valence electrons. The van der Waals surface area contributed by atoms with Crippen LogP contribution in [0.4, 0.5) is 0 Å². The highest BCUT2D eigenvalue weighted by Crippen LogP contribution is 2.23. The van der Waals surface area contributed by atoms with Crippen molar-refractivity contribution in [2.45, 2.75) is 6.42 Å². The van der Waals surface area contributed by atoms with Crippen molar-refractivity contribution in [2.24, 2.45) is 0 Å². The van der Waals surface area contributed by atoms with Gasteiger partial charge in [-0.15, -0.1) is 10.2 Å². The Balaban J connectivity index is 1.66. The fourth-order valence-electron chi connectivity index (χ4n) is 2.21. The van der Waals surface area contributed by atoms with Gasteiger partial charge in [0.1, 0.15) is 11.4 Å². The molecule has 0 aliphatic carbocycles. The molecule has 0 radical (unpaired) electrons. The number of nitrogens with zero attached hydrogens (tertiary/aromatic N) is 6. The average molecular weight is 324 g/mol. The number of rotatable bonds is 4. The van der Waals surface area contributed by atoms with Crippen LogP contribution in [0.5, 0.6) is 5.75 Å². The number of fused-ring (bicyclic) bond motifs is 1. The molecule has 0 spiro atoms. The molecule has 0 aliphatic rings. The Bertz CT molecular complexity index is 932. The Morgan fingerprint density at radius 2 is 2.00 bits per heavy atom. The lowest BCUT2D eigenvalue weighted by Crippen LogP contribution is -1.98. The molecule has 0 saturated carbocycles. The van der Waals surface area contributed by atoms with Crippen LogP contribution in [0.3, 0.4) is 0 Å². The largest absolute Gasteiger partial charge is 0.497 e. The highest BCUT2D eigenvalue weighted by atomic mass is 32.1. The highest BCUT2D eigenvalue weighted by molar-refractivity contribution is 7.19. The predicted octanol–water partition coefficient (Wildman–Crippen LogP) is 2.24. The van der Waals surface area contributed by atoms with E-state index in [1.807, 2.05) is 24.3 Å². The molecule has 7 nitrogen and oxygen atoms in total. The molecular weight excluding hydrogens is 312 g/mol. The highest BCUT2D eigenvalue weighted by Gasteiger charge is 2.14.